The predicted molar refractivity (Wildman–Crippen MR) is 139 cm³/mol. The van der Waals surface area contributed by atoms with Crippen LogP contribution in [0.4, 0.5) is 20.4 Å². The first-order valence-electron chi connectivity index (χ1n) is 11.4. The number of aromatic nitrogens is 3. The summed E-state index contributed by atoms with van der Waals surface area (Å²) in [5, 5.41) is 3.57. The second kappa shape index (κ2) is 10.2. The summed E-state index contributed by atoms with van der Waals surface area (Å²) in [4.78, 5) is 21.6. The van der Waals surface area contributed by atoms with Crippen LogP contribution >= 0.6 is 0 Å². The fourth-order valence-electron chi connectivity index (χ4n) is 3.93. The quantitative estimate of drug-likeness (QED) is 0.291. The number of nitrogens with one attached hydrogen (secondary N) is 1. The van der Waals surface area contributed by atoms with Crippen LogP contribution in [0, 0.1) is 11.6 Å². The number of benzene rings is 3. The van der Waals surface area contributed by atoms with Crippen LogP contribution in [0.1, 0.15) is 0 Å². The average Bonchev–Trinajstić information content (AvgIpc) is 2.93. The third-order valence-corrected chi connectivity index (χ3v) is 5.94. The molecule has 192 valence electrons. The van der Waals surface area contributed by atoms with Crippen LogP contribution < -0.4 is 25.1 Å². The highest BCUT2D eigenvalue weighted by Crippen LogP contribution is 2.37. The molecule has 0 spiro atoms. The maximum Gasteiger partial charge on any atom is 0.262 e. The molecular weight excluding hydrogens is 494 g/mol. The standard InChI is InChI=1S/C28H22F2N4O4/c1-34-27(35)20(15-32-28(34)33-18-7-5-17(29)6-8-18)16-4-9-24(21(30)12-16)38-23-10-11-31-22-14-26(37-3)25(36-2)13-19(22)23/h4-15H,1-3H3,(H,32,33). The van der Waals surface area contributed by atoms with Gasteiger partial charge in [0, 0.05) is 36.6 Å². The summed E-state index contributed by atoms with van der Waals surface area (Å²) in [7, 11) is 4.58. The Hall–Kier alpha value is -4.99. The largest absolute Gasteiger partial charge is 0.493 e. The maximum atomic E-state index is 15.2. The Morgan fingerprint density at radius 2 is 1.58 bits per heavy atom. The Morgan fingerprint density at radius 1 is 0.842 bits per heavy atom. The lowest BCUT2D eigenvalue weighted by atomic mass is 10.1. The number of anilines is 2. The number of hydrogen-bond acceptors (Lipinski definition) is 7. The number of hydrogen-bond donors (Lipinski definition) is 1. The number of methoxy groups -OCH3 is 2. The summed E-state index contributed by atoms with van der Waals surface area (Å²) >= 11 is 0. The molecule has 8 nitrogen and oxygen atoms in total. The van der Waals surface area contributed by atoms with Crippen molar-refractivity contribution in [3.05, 3.63) is 95.0 Å². The van der Waals surface area contributed by atoms with Gasteiger partial charge in [-0.2, -0.15) is 0 Å². The van der Waals surface area contributed by atoms with Crippen molar-refractivity contribution >= 4 is 22.5 Å². The lowest BCUT2D eigenvalue weighted by molar-refractivity contribution is 0.355. The first-order chi connectivity index (χ1) is 18.4. The maximum absolute atomic E-state index is 15.2. The van der Waals surface area contributed by atoms with Crippen molar-refractivity contribution in [3.63, 3.8) is 0 Å². The molecule has 0 aliphatic rings. The number of pyridine rings is 1. The van der Waals surface area contributed by atoms with Crippen LogP contribution in [0.5, 0.6) is 23.0 Å². The monoisotopic (exact) mass is 516 g/mol. The van der Waals surface area contributed by atoms with Gasteiger partial charge >= 0.3 is 0 Å². The van der Waals surface area contributed by atoms with E-state index in [0.29, 0.717) is 39.4 Å². The van der Waals surface area contributed by atoms with Crippen LogP contribution in [0.3, 0.4) is 0 Å². The van der Waals surface area contributed by atoms with Crippen LogP contribution in [0.25, 0.3) is 22.0 Å². The van der Waals surface area contributed by atoms with E-state index in [1.807, 2.05) is 0 Å². The SMILES string of the molecule is COc1cc2nccc(Oc3ccc(-c4cnc(Nc5ccc(F)cc5)n(C)c4=O)cc3F)c2cc1OC. The zero-order chi connectivity index (χ0) is 26.8. The van der Waals surface area contributed by atoms with E-state index in [0.717, 1.165) is 0 Å². The molecule has 0 atom stereocenters. The summed E-state index contributed by atoms with van der Waals surface area (Å²) in [6.07, 6.45) is 2.91. The minimum Gasteiger partial charge on any atom is -0.493 e. The van der Waals surface area contributed by atoms with E-state index in [1.165, 1.54) is 68.4 Å². The van der Waals surface area contributed by atoms with Gasteiger partial charge in [0.2, 0.25) is 5.95 Å². The fraction of sp³-hybridized carbons (Fsp3) is 0.107. The number of halogens is 2. The highest BCUT2D eigenvalue weighted by atomic mass is 19.1. The van der Waals surface area contributed by atoms with E-state index in [2.05, 4.69) is 15.3 Å². The molecule has 1 N–H and O–H groups in total. The van der Waals surface area contributed by atoms with Gasteiger partial charge in [-0.25, -0.2) is 13.8 Å². The molecule has 0 unspecified atom stereocenters. The zero-order valence-corrected chi connectivity index (χ0v) is 20.7. The topological polar surface area (TPSA) is 87.5 Å². The predicted octanol–water partition coefficient (Wildman–Crippen LogP) is 5.83. The van der Waals surface area contributed by atoms with Gasteiger partial charge in [-0.1, -0.05) is 6.07 Å². The van der Waals surface area contributed by atoms with Crippen molar-refractivity contribution in [1.29, 1.82) is 0 Å². The smallest absolute Gasteiger partial charge is 0.262 e. The molecule has 3 aromatic carbocycles. The second-order valence-corrected chi connectivity index (χ2v) is 8.27. The fourth-order valence-corrected chi connectivity index (χ4v) is 3.93. The number of nitrogens with zero attached hydrogens (tertiary/aromatic N) is 3. The Bertz CT molecular complexity index is 1700. The number of ether oxygens (including phenoxy) is 3. The first kappa shape index (κ1) is 24.7. The van der Waals surface area contributed by atoms with E-state index >= 15 is 4.39 Å². The molecule has 0 saturated carbocycles. The number of fused-ring (bicyclic) bond motifs is 1. The zero-order valence-electron chi connectivity index (χ0n) is 20.7. The minimum absolute atomic E-state index is 0.0320. The van der Waals surface area contributed by atoms with E-state index < -0.39 is 5.82 Å². The van der Waals surface area contributed by atoms with Crippen LogP contribution in [0.15, 0.2) is 77.9 Å². The molecule has 0 aliphatic heterocycles. The molecule has 0 fully saturated rings. The third kappa shape index (κ3) is 4.71. The third-order valence-electron chi connectivity index (χ3n) is 5.94. The van der Waals surface area contributed by atoms with Crippen LogP contribution in [0.2, 0.25) is 0 Å². The summed E-state index contributed by atoms with van der Waals surface area (Å²) in [6.45, 7) is 0. The molecule has 0 radical (unpaired) electrons. The minimum atomic E-state index is -0.663. The average molecular weight is 517 g/mol. The molecule has 2 aromatic heterocycles. The van der Waals surface area contributed by atoms with Gasteiger partial charge in [-0.05, 0) is 54.1 Å². The molecule has 10 heteroatoms. The Balaban J connectivity index is 1.44. The molecule has 0 bridgehead atoms. The lowest BCUT2D eigenvalue weighted by Crippen LogP contribution is -2.22. The summed E-state index contributed by atoms with van der Waals surface area (Å²) < 4.78 is 46.2. The summed E-state index contributed by atoms with van der Waals surface area (Å²) in [5.74, 6) is 0.542. The molecule has 0 aliphatic carbocycles. The van der Waals surface area contributed by atoms with Crippen molar-refractivity contribution in [1.82, 2.24) is 14.5 Å². The van der Waals surface area contributed by atoms with Crippen LogP contribution in [-0.2, 0) is 7.05 Å². The lowest BCUT2D eigenvalue weighted by Gasteiger charge is -2.14. The molecule has 2 heterocycles. The normalized spacial score (nSPS) is 10.9. The summed E-state index contributed by atoms with van der Waals surface area (Å²) in [6, 6.07) is 14.9. The highest BCUT2D eigenvalue weighted by Gasteiger charge is 2.15. The Kier molecular flexibility index (Phi) is 6.61. The van der Waals surface area contributed by atoms with Crippen molar-refractivity contribution in [2.24, 2.45) is 7.05 Å². The molecule has 0 saturated heterocycles. The first-order valence-corrected chi connectivity index (χ1v) is 11.4. The molecule has 0 amide bonds. The van der Waals surface area contributed by atoms with Gasteiger partial charge in [0.05, 0.1) is 25.3 Å². The second-order valence-electron chi connectivity index (χ2n) is 8.27. The van der Waals surface area contributed by atoms with Crippen molar-refractivity contribution in [3.8, 4) is 34.1 Å². The van der Waals surface area contributed by atoms with E-state index in [9.17, 15) is 9.18 Å². The van der Waals surface area contributed by atoms with Crippen LogP contribution in [-0.4, -0.2) is 28.8 Å². The Morgan fingerprint density at radius 3 is 2.29 bits per heavy atom. The number of rotatable bonds is 7. The van der Waals surface area contributed by atoms with Gasteiger partial charge < -0.3 is 19.5 Å². The van der Waals surface area contributed by atoms with E-state index in [4.69, 9.17) is 14.2 Å². The van der Waals surface area contributed by atoms with Gasteiger partial charge in [-0.15, -0.1) is 0 Å². The Labute approximate surface area is 216 Å². The van der Waals surface area contributed by atoms with Gasteiger partial charge in [-0.3, -0.25) is 14.3 Å². The van der Waals surface area contributed by atoms with Crippen molar-refractivity contribution in [2.45, 2.75) is 0 Å². The molecule has 5 rings (SSSR count). The van der Waals surface area contributed by atoms with E-state index in [-0.39, 0.29) is 28.6 Å². The van der Waals surface area contributed by atoms with Crippen molar-refractivity contribution < 1.29 is 23.0 Å². The molecule has 38 heavy (non-hydrogen) atoms. The molecular formula is C28H22F2N4O4. The van der Waals surface area contributed by atoms with Gasteiger partial charge in [0.15, 0.2) is 23.1 Å². The van der Waals surface area contributed by atoms with Gasteiger partial charge in [0.1, 0.15) is 11.6 Å². The summed E-state index contributed by atoms with van der Waals surface area (Å²) in [5.41, 5.74) is 1.30. The highest BCUT2D eigenvalue weighted by molar-refractivity contribution is 5.88. The van der Waals surface area contributed by atoms with E-state index in [1.54, 1.807) is 30.5 Å². The molecule has 5 aromatic rings. The van der Waals surface area contributed by atoms with Gasteiger partial charge in [0.25, 0.3) is 5.56 Å². The van der Waals surface area contributed by atoms with Crippen molar-refractivity contribution in [2.75, 3.05) is 19.5 Å².